The van der Waals surface area contributed by atoms with Gasteiger partial charge in [0.2, 0.25) is 0 Å². The first kappa shape index (κ1) is 34.2. The number of rotatable bonds is 13. The van der Waals surface area contributed by atoms with Gasteiger partial charge in [0, 0.05) is 28.1 Å². The molecule has 0 amide bonds. The molecule has 0 aliphatic heterocycles. The number of hydrogen-bond acceptors (Lipinski definition) is 7. The monoisotopic (exact) mass is 626 g/mol. The number of halogens is 2. The molecule has 0 fully saturated rings. The molecule has 0 heterocycles. The Hall–Kier alpha value is -3.27. The smallest absolute Gasteiger partial charge is 0.303 e. The van der Waals surface area contributed by atoms with Gasteiger partial charge in [-0.3, -0.25) is 4.79 Å². The van der Waals surface area contributed by atoms with Crippen molar-refractivity contribution < 1.29 is 34.3 Å². The maximum Gasteiger partial charge on any atom is 0.303 e. The van der Waals surface area contributed by atoms with Crippen LogP contribution in [0.15, 0.2) is 109 Å². The predicted octanol–water partition coefficient (Wildman–Crippen LogP) is 6.47. The molecule has 0 spiro atoms. The Morgan fingerprint density at radius 2 is 1.05 bits per heavy atom. The molecule has 3 N–H and O–H groups in total. The molecule has 0 unspecified atom stereocenters. The molecule has 9 heteroatoms. The lowest BCUT2D eigenvalue weighted by atomic mass is 10.0. The van der Waals surface area contributed by atoms with Crippen LogP contribution < -0.4 is 0 Å². The van der Waals surface area contributed by atoms with Crippen LogP contribution in [0.25, 0.3) is 0 Å². The van der Waals surface area contributed by atoms with E-state index >= 15 is 0 Å². The first-order chi connectivity index (χ1) is 20.8. The van der Waals surface area contributed by atoms with E-state index in [0.717, 1.165) is 11.1 Å². The number of esters is 1. The van der Waals surface area contributed by atoms with Crippen molar-refractivity contribution in [2.45, 2.75) is 44.6 Å². The summed E-state index contributed by atoms with van der Waals surface area (Å²) in [5, 5.41) is 31.3. The van der Waals surface area contributed by atoms with E-state index in [1.54, 1.807) is 48.5 Å². The van der Waals surface area contributed by atoms with Gasteiger partial charge in [0.1, 0.15) is 18.3 Å². The molecular weight excluding hydrogens is 591 g/mol. The fourth-order valence-corrected chi connectivity index (χ4v) is 4.57. The molecule has 0 aliphatic rings. The van der Waals surface area contributed by atoms with Crippen molar-refractivity contribution in [3.63, 3.8) is 0 Å². The van der Waals surface area contributed by atoms with Gasteiger partial charge >= 0.3 is 5.97 Å². The van der Waals surface area contributed by atoms with Crippen molar-refractivity contribution >= 4 is 29.2 Å². The van der Waals surface area contributed by atoms with Crippen molar-refractivity contribution in [2.75, 3.05) is 13.2 Å². The molecule has 4 aromatic carbocycles. The summed E-state index contributed by atoms with van der Waals surface area (Å²) < 4.78 is 16.2. The zero-order valence-corrected chi connectivity index (χ0v) is 25.3. The standard InChI is InChI=1S/C18H19ClO4.C16H17ClO3/c1-13(20)23-17(12-22-11-14-7-3-2-4-8-14)18(21)15-9-5-6-10-16(15)19;17-14-9-5-4-8-13(14)16(19)15(18)11-20-10-12-6-2-1-3-7-12/h2-10,17-18,21H,11-12H2,1H3;1-9,15-16,18-19H,10-11H2/t17-,18+;15-,16+/m10/s1. The van der Waals surface area contributed by atoms with Crippen LogP contribution >= 0.6 is 23.2 Å². The average molecular weight is 628 g/mol. The van der Waals surface area contributed by atoms with Crippen LogP contribution in [-0.2, 0) is 32.2 Å². The summed E-state index contributed by atoms with van der Waals surface area (Å²) in [4.78, 5) is 11.3. The van der Waals surface area contributed by atoms with E-state index in [9.17, 15) is 20.1 Å². The fraction of sp³-hybridized carbons (Fsp3) is 0.265. The molecular formula is C34H36Cl2O7. The largest absolute Gasteiger partial charge is 0.457 e. The zero-order chi connectivity index (χ0) is 31.0. The van der Waals surface area contributed by atoms with Crippen LogP contribution in [0, 0.1) is 0 Å². The number of benzene rings is 4. The first-order valence-electron chi connectivity index (χ1n) is 13.7. The summed E-state index contributed by atoms with van der Waals surface area (Å²) in [7, 11) is 0. The number of aliphatic hydroxyl groups excluding tert-OH is 3. The molecule has 43 heavy (non-hydrogen) atoms. The summed E-state index contributed by atoms with van der Waals surface area (Å²) >= 11 is 12.1. The summed E-state index contributed by atoms with van der Waals surface area (Å²) in [6, 6.07) is 33.1. The number of hydrogen-bond donors (Lipinski definition) is 3. The van der Waals surface area contributed by atoms with Gasteiger partial charge in [-0.15, -0.1) is 0 Å². The van der Waals surface area contributed by atoms with Gasteiger partial charge in [-0.2, -0.15) is 0 Å². The highest BCUT2D eigenvalue weighted by molar-refractivity contribution is 6.31. The van der Waals surface area contributed by atoms with Crippen LogP contribution in [0.1, 0.15) is 41.4 Å². The van der Waals surface area contributed by atoms with E-state index in [1.165, 1.54) is 6.92 Å². The SMILES string of the molecule is CC(=O)O[C@H](COCc1ccccc1)[C@@H](O)c1ccccc1Cl.O[C@H](c1ccccc1Cl)[C@@H](O)COCc1ccccc1. The minimum Gasteiger partial charge on any atom is -0.457 e. The van der Waals surface area contributed by atoms with Crippen LogP contribution in [0.2, 0.25) is 10.0 Å². The van der Waals surface area contributed by atoms with Crippen molar-refractivity contribution in [2.24, 2.45) is 0 Å². The lowest BCUT2D eigenvalue weighted by molar-refractivity contribution is -0.158. The van der Waals surface area contributed by atoms with Crippen LogP contribution in [0.3, 0.4) is 0 Å². The molecule has 7 nitrogen and oxygen atoms in total. The zero-order valence-electron chi connectivity index (χ0n) is 23.8. The predicted molar refractivity (Wildman–Crippen MR) is 167 cm³/mol. The summed E-state index contributed by atoms with van der Waals surface area (Å²) in [5.74, 6) is -0.482. The van der Waals surface area contributed by atoms with Crippen molar-refractivity contribution in [3.05, 3.63) is 141 Å². The average Bonchev–Trinajstić information content (AvgIpc) is 3.01. The Kier molecular flexibility index (Phi) is 14.6. The Bertz CT molecular complexity index is 1370. The van der Waals surface area contributed by atoms with Crippen LogP contribution in [0.5, 0.6) is 0 Å². The van der Waals surface area contributed by atoms with Crippen LogP contribution in [0.4, 0.5) is 0 Å². The van der Waals surface area contributed by atoms with E-state index in [1.807, 2.05) is 60.7 Å². The van der Waals surface area contributed by atoms with Crippen molar-refractivity contribution in [3.8, 4) is 0 Å². The molecule has 0 aromatic heterocycles. The molecule has 228 valence electrons. The summed E-state index contributed by atoms with van der Waals surface area (Å²) in [5.41, 5.74) is 3.03. The van der Waals surface area contributed by atoms with Gasteiger partial charge in [0.15, 0.2) is 6.10 Å². The topological polar surface area (TPSA) is 105 Å². The highest BCUT2D eigenvalue weighted by atomic mass is 35.5. The molecule has 0 saturated heterocycles. The van der Waals surface area contributed by atoms with Crippen molar-refractivity contribution in [1.82, 2.24) is 0 Å². The third kappa shape index (κ3) is 11.7. The second kappa shape index (κ2) is 18.4. The number of aliphatic hydroxyl groups is 3. The van der Waals surface area contributed by atoms with Gasteiger partial charge in [0.05, 0.1) is 26.4 Å². The second-order valence-corrected chi connectivity index (χ2v) is 10.5. The molecule has 4 atom stereocenters. The third-order valence-electron chi connectivity index (χ3n) is 6.28. The Morgan fingerprint density at radius 3 is 1.51 bits per heavy atom. The molecule has 0 aliphatic carbocycles. The lowest BCUT2D eigenvalue weighted by Crippen LogP contribution is -2.29. The van der Waals surface area contributed by atoms with Crippen molar-refractivity contribution in [1.29, 1.82) is 0 Å². The Morgan fingerprint density at radius 1 is 0.628 bits per heavy atom. The Labute approximate surface area is 262 Å². The fourth-order valence-electron chi connectivity index (χ4n) is 4.07. The lowest BCUT2D eigenvalue weighted by Gasteiger charge is -2.23. The number of carbonyl (C=O) groups is 1. The van der Waals surface area contributed by atoms with Gasteiger partial charge in [-0.05, 0) is 23.3 Å². The first-order valence-corrected chi connectivity index (χ1v) is 14.5. The van der Waals surface area contributed by atoms with E-state index in [2.05, 4.69) is 0 Å². The molecule has 0 saturated carbocycles. The summed E-state index contributed by atoms with van der Waals surface area (Å²) in [6.45, 7) is 2.17. The maximum absolute atomic E-state index is 11.3. The highest BCUT2D eigenvalue weighted by Crippen LogP contribution is 2.27. The molecule has 4 aromatic rings. The molecule has 0 radical (unpaired) electrons. The number of ether oxygens (including phenoxy) is 3. The molecule has 4 rings (SSSR count). The van der Waals surface area contributed by atoms with Gasteiger partial charge in [-0.1, -0.05) is 120 Å². The minimum atomic E-state index is -1.06. The van der Waals surface area contributed by atoms with E-state index < -0.39 is 30.4 Å². The Balaban J connectivity index is 0.000000238. The van der Waals surface area contributed by atoms with Gasteiger partial charge < -0.3 is 29.5 Å². The quantitative estimate of drug-likeness (QED) is 0.146. The van der Waals surface area contributed by atoms with E-state index in [0.29, 0.717) is 34.4 Å². The van der Waals surface area contributed by atoms with Gasteiger partial charge in [0.25, 0.3) is 0 Å². The van der Waals surface area contributed by atoms with E-state index in [4.69, 9.17) is 37.4 Å². The normalized spacial score (nSPS) is 13.6. The summed E-state index contributed by atoms with van der Waals surface area (Å²) in [6.07, 6.45) is -3.95. The third-order valence-corrected chi connectivity index (χ3v) is 6.96. The van der Waals surface area contributed by atoms with E-state index in [-0.39, 0.29) is 13.2 Å². The second-order valence-electron chi connectivity index (χ2n) is 9.65. The highest BCUT2D eigenvalue weighted by Gasteiger charge is 2.26. The van der Waals surface area contributed by atoms with Crippen LogP contribution in [-0.4, -0.2) is 46.7 Å². The molecule has 0 bridgehead atoms. The minimum absolute atomic E-state index is 0.0429. The number of carbonyl (C=O) groups excluding carboxylic acids is 1. The van der Waals surface area contributed by atoms with Gasteiger partial charge in [-0.25, -0.2) is 0 Å². The maximum atomic E-state index is 11.3.